The molecule has 1 fully saturated rings. The first kappa shape index (κ1) is 86.4. The summed E-state index contributed by atoms with van der Waals surface area (Å²) in [5, 5.41) is 34.3. The highest BCUT2D eigenvalue weighted by atomic mass is 35.5. The van der Waals surface area contributed by atoms with Gasteiger partial charge in [0.25, 0.3) is 0 Å². The van der Waals surface area contributed by atoms with Crippen molar-refractivity contribution in [2.75, 3.05) is 119 Å². The number of halogens is 1. The van der Waals surface area contributed by atoms with Gasteiger partial charge >= 0.3 is 5.97 Å². The van der Waals surface area contributed by atoms with Crippen molar-refractivity contribution >= 4 is 17.6 Å². The lowest BCUT2D eigenvalue weighted by Gasteiger charge is -2.20. The van der Waals surface area contributed by atoms with E-state index >= 15 is 0 Å². The Labute approximate surface area is 502 Å². The first-order valence-corrected chi connectivity index (χ1v) is 30.5. The van der Waals surface area contributed by atoms with Crippen LogP contribution in [0.15, 0.2) is 36.9 Å². The van der Waals surface area contributed by atoms with Gasteiger partial charge in [-0.05, 0) is 106 Å². The minimum atomic E-state index is -0.813. The topological polar surface area (TPSA) is 312 Å². The number of aliphatic hydroxyl groups is 2. The average molecular weight is 1210 g/mol. The molecule has 22 heteroatoms. The zero-order valence-corrected chi connectivity index (χ0v) is 54.2. The molecule has 1 saturated heterocycles. The quantitative estimate of drug-likeness (QED) is 0.0113. The van der Waals surface area contributed by atoms with Gasteiger partial charge in [0.15, 0.2) is 0 Å². The lowest BCUT2D eigenvalue weighted by atomic mass is 10.2. The molecule has 0 aliphatic carbocycles. The van der Waals surface area contributed by atoms with Gasteiger partial charge in [0, 0.05) is 48.3 Å². The zero-order valence-electron chi connectivity index (χ0n) is 53.5. The van der Waals surface area contributed by atoms with E-state index in [0.29, 0.717) is 129 Å². The number of nitrogens with one attached hydrogen (secondary N) is 2. The van der Waals surface area contributed by atoms with Gasteiger partial charge in [0.1, 0.15) is 6.04 Å². The van der Waals surface area contributed by atoms with Crippen LogP contribution in [-0.4, -0.2) is 213 Å². The molecule has 12 atom stereocenters. The number of aliphatic hydroxyl groups excluding tert-OH is 2. The summed E-state index contributed by atoms with van der Waals surface area (Å²) in [4.78, 5) is 14.1. The van der Waals surface area contributed by atoms with Crippen molar-refractivity contribution in [3.63, 3.8) is 0 Å². The molecule has 82 heavy (non-hydrogen) atoms. The molecule has 1 heterocycles. The van der Waals surface area contributed by atoms with E-state index in [1.807, 2.05) is 68.4 Å². The van der Waals surface area contributed by atoms with Gasteiger partial charge < -0.3 is 91.1 Å². The number of carbonyl (C=O) groups excluding carboxylic acids is 1. The second-order valence-corrected chi connectivity index (χ2v) is 21.6. The Kier molecular flexibility index (Phi) is 66.9. The number of unbranched alkanes of at least 4 members (excludes halogenated alkanes) is 1. The number of quaternary nitrogens is 1. The fourth-order valence-corrected chi connectivity index (χ4v) is 6.28. The number of rotatable bonds is 45. The molecule has 1 aromatic rings. The standard InChI is InChI=1S/2C16H36N2O4.C11H26N2O3.C7H5ClO3.C5H10O.C5H10/c2*1-5-6-16(19)9-18-14(3)11-22-15(4)12-21-8-7-20-10-13(2)17;1-9(12)6-14-4-5-15-8-11(3)16-7-10(2)13;8-6-3-1-2-5(4-6)7(9)11-10;1-2-3-5-4-6-5;1-3-5-4-2/h2*13-16,18-19H,5-12,17H2,1-4H3;9-11H,4-8,12-13H2,1-3H3;1-4,10H;5H,2-4H2,1H3;3H,1,4-5H2,2H3/p+1. The summed E-state index contributed by atoms with van der Waals surface area (Å²) < 4.78 is 54.2. The number of hydrogen-bond donors (Lipinski definition) is 9. The van der Waals surface area contributed by atoms with Crippen molar-refractivity contribution in [3.05, 3.63) is 47.5 Å². The minimum absolute atomic E-state index is 0.0400. The molecule has 1 aliphatic heterocycles. The van der Waals surface area contributed by atoms with Crippen molar-refractivity contribution in [2.45, 2.75) is 214 Å². The SMILES string of the molecule is C=CCCC.CC(N)COC(C)COCCOCC(C)[NH3+].CCCC(O)CNC(C)COC(C)COCCOCC(C)N.CCCC(O)CNC(C)COC(C)COCCOCC(C)N.CCCC1CO1.O=C(OO)c1cccc(Cl)c1. The van der Waals surface area contributed by atoms with Crippen LogP contribution in [0.4, 0.5) is 0 Å². The van der Waals surface area contributed by atoms with E-state index in [4.69, 9.17) is 81.4 Å². The molecule has 21 nitrogen and oxygen atoms in total. The predicted molar refractivity (Wildman–Crippen MR) is 330 cm³/mol. The first-order valence-electron chi connectivity index (χ1n) is 30.1. The molecule has 0 aromatic heterocycles. The third-order valence-electron chi connectivity index (χ3n) is 10.5. The molecule has 0 amide bonds. The lowest BCUT2D eigenvalue weighted by Crippen LogP contribution is -2.61. The average Bonchev–Trinajstić information content (AvgIpc) is 4.26. The summed E-state index contributed by atoms with van der Waals surface area (Å²) >= 11 is 5.56. The van der Waals surface area contributed by atoms with Gasteiger partial charge in [-0.1, -0.05) is 77.1 Å². The maximum atomic E-state index is 10.6. The highest BCUT2D eigenvalue weighted by molar-refractivity contribution is 6.30. The molecule has 0 spiro atoms. The molecule has 1 aromatic carbocycles. The van der Waals surface area contributed by atoms with Crippen LogP contribution in [0, 0.1) is 0 Å². The van der Waals surface area contributed by atoms with Gasteiger partial charge in [-0.25, -0.2) is 4.79 Å². The summed E-state index contributed by atoms with van der Waals surface area (Å²) in [6, 6.07) is 7.05. The smallest absolute Gasteiger partial charge is 0.372 e. The molecule has 14 N–H and O–H groups in total. The monoisotopic (exact) mass is 1200 g/mol. The number of benzene rings is 1. The van der Waals surface area contributed by atoms with E-state index in [9.17, 15) is 15.0 Å². The zero-order chi connectivity index (χ0) is 62.8. The van der Waals surface area contributed by atoms with Gasteiger partial charge in [-0.2, -0.15) is 5.26 Å². The summed E-state index contributed by atoms with van der Waals surface area (Å²) in [6.45, 7) is 40.7. The summed E-state index contributed by atoms with van der Waals surface area (Å²) in [5.74, 6) is -0.813. The number of nitrogens with two attached hydrogens (primary N) is 3. The molecule has 12 unspecified atom stereocenters. The normalized spacial score (nSPS) is 16.5. The van der Waals surface area contributed by atoms with Crippen LogP contribution in [0.5, 0.6) is 0 Å². The summed E-state index contributed by atoms with van der Waals surface area (Å²) in [6.07, 6.45) is 10.8. The van der Waals surface area contributed by atoms with E-state index in [-0.39, 0.29) is 66.3 Å². The maximum Gasteiger partial charge on any atom is 0.372 e. The molecule has 1 aliphatic rings. The molecule has 490 valence electrons. The second kappa shape index (κ2) is 63.5. The molecule has 0 bridgehead atoms. The van der Waals surface area contributed by atoms with E-state index in [1.54, 1.807) is 12.1 Å². The van der Waals surface area contributed by atoms with E-state index in [2.05, 4.69) is 55.5 Å². The van der Waals surface area contributed by atoms with Crippen LogP contribution in [0.2, 0.25) is 5.02 Å². The highest BCUT2D eigenvalue weighted by Crippen LogP contribution is 2.14. The second-order valence-electron chi connectivity index (χ2n) is 21.1. The van der Waals surface area contributed by atoms with Crippen LogP contribution in [0.1, 0.15) is 152 Å². The minimum Gasteiger partial charge on any atom is -0.392 e. The Hall–Kier alpha value is -2.04. The van der Waals surface area contributed by atoms with E-state index in [1.165, 1.54) is 31.4 Å². The fraction of sp³-hybridized carbons (Fsp3) is 0.850. The third kappa shape index (κ3) is 72.2. The Morgan fingerprint density at radius 1 is 0.646 bits per heavy atom. The van der Waals surface area contributed by atoms with Crippen molar-refractivity contribution in [1.82, 2.24) is 10.6 Å². The van der Waals surface area contributed by atoms with Crippen LogP contribution in [0.25, 0.3) is 0 Å². The van der Waals surface area contributed by atoms with Crippen LogP contribution >= 0.6 is 11.6 Å². The van der Waals surface area contributed by atoms with Crippen molar-refractivity contribution in [3.8, 4) is 0 Å². The molecular weight excluding hydrogens is 1080 g/mol. The summed E-state index contributed by atoms with van der Waals surface area (Å²) in [7, 11) is 0. The number of epoxide rings is 1. The number of allylic oxidation sites excluding steroid dienone is 1. The van der Waals surface area contributed by atoms with Gasteiger partial charge in [-0.15, -0.1) is 6.58 Å². The summed E-state index contributed by atoms with van der Waals surface area (Å²) in [5.41, 5.74) is 20.8. The number of hydrogen-bond acceptors (Lipinski definition) is 20. The van der Waals surface area contributed by atoms with Gasteiger partial charge in [0.2, 0.25) is 0 Å². The number of ether oxygens (including phenoxy) is 10. The lowest BCUT2D eigenvalue weighted by molar-refractivity contribution is -0.421. The Bertz CT molecular complexity index is 1430. The Morgan fingerprint density at radius 2 is 1.04 bits per heavy atom. The Morgan fingerprint density at radius 3 is 1.33 bits per heavy atom. The van der Waals surface area contributed by atoms with Crippen LogP contribution in [-0.2, 0) is 52.3 Å². The third-order valence-corrected chi connectivity index (χ3v) is 10.8. The van der Waals surface area contributed by atoms with Crippen molar-refractivity contribution in [1.29, 1.82) is 0 Å². The van der Waals surface area contributed by atoms with Crippen LogP contribution in [0.3, 0.4) is 0 Å². The molecular formula is C60H124ClN6O15+. The molecule has 2 rings (SSSR count). The Balaban J connectivity index is -0.000000473. The largest absolute Gasteiger partial charge is 0.392 e. The molecule has 0 radical (unpaired) electrons. The van der Waals surface area contributed by atoms with E-state index < -0.39 is 5.97 Å². The fourth-order valence-electron chi connectivity index (χ4n) is 6.09. The van der Waals surface area contributed by atoms with Gasteiger partial charge in [-0.3, -0.25) is 4.89 Å². The van der Waals surface area contributed by atoms with Crippen molar-refractivity contribution < 1.29 is 78.3 Å². The predicted octanol–water partition coefficient (Wildman–Crippen LogP) is 6.35. The van der Waals surface area contributed by atoms with Gasteiger partial charge in [0.05, 0.1) is 148 Å². The molecule has 0 saturated carbocycles. The van der Waals surface area contributed by atoms with E-state index in [0.717, 1.165) is 38.7 Å². The van der Waals surface area contributed by atoms with Crippen LogP contribution < -0.4 is 33.6 Å². The number of carbonyl (C=O) groups is 1. The first-order chi connectivity index (χ1) is 39.0. The maximum absolute atomic E-state index is 10.6. The highest BCUT2D eigenvalue weighted by Gasteiger charge is 2.20. The van der Waals surface area contributed by atoms with Crippen molar-refractivity contribution in [2.24, 2.45) is 17.2 Å².